The molecule has 2 amide bonds. The molecule has 0 spiro atoms. The molecule has 134 valence electrons. The van der Waals surface area contributed by atoms with Crippen molar-refractivity contribution in [3.8, 4) is 0 Å². The van der Waals surface area contributed by atoms with Gasteiger partial charge in [0.15, 0.2) is 0 Å². The van der Waals surface area contributed by atoms with E-state index in [0.29, 0.717) is 19.0 Å². The highest BCUT2D eigenvalue weighted by molar-refractivity contribution is 5.89. The molecule has 7 heteroatoms. The van der Waals surface area contributed by atoms with Crippen LogP contribution in [0.1, 0.15) is 36.5 Å². The predicted octanol–water partition coefficient (Wildman–Crippen LogP) is 2.23. The Kier molecular flexibility index (Phi) is 5.33. The Morgan fingerprint density at radius 1 is 1.36 bits per heavy atom. The normalized spacial score (nSPS) is 19.8. The van der Waals surface area contributed by atoms with Crippen LogP contribution >= 0.6 is 0 Å². The van der Waals surface area contributed by atoms with Gasteiger partial charge in [0.1, 0.15) is 11.6 Å². The smallest absolute Gasteiger partial charge is 0.319 e. The first-order valence-corrected chi connectivity index (χ1v) is 8.69. The maximum atomic E-state index is 12.1. The summed E-state index contributed by atoms with van der Waals surface area (Å²) < 4.78 is 1.85. The Hall–Kier alpha value is -2.41. The van der Waals surface area contributed by atoms with E-state index in [1.54, 1.807) is 0 Å². The lowest BCUT2D eigenvalue weighted by Gasteiger charge is -2.12. The second-order valence-corrected chi connectivity index (χ2v) is 6.73. The van der Waals surface area contributed by atoms with Gasteiger partial charge in [-0.15, -0.1) is 0 Å². The molecule has 1 saturated carbocycles. The van der Waals surface area contributed by atoms with Crippen molar-refractivity contribution in [2.45, 2.75) is 45.8 Å². The molecule has 1 aromatic carbocycles. The molecule has 2 aromatic rings. The summed E-state index contributed by atoms with van der Waals surface area (Å²) in [5.74, 6) is 1.99. The lowest BCUT2D eigenvalue weighted by atomic mass is 10.1. The number of rotatable bonds is 5. The summed E-state index contributed by atoms with van der Waals surface area (Å²) in [7, 11) is 0. The third kappa shape index (κ3) is 4.79. The van der Waals surface area contributed by atoms with Crippen LogP contribution < -0.4 is 10.6 Å². The van der Waals surface area contributed by atoms with E-state index in [4.69, 9.17) is 0 Å². The number of aryl methyl sites for hydroxylation is 2. The summed E-state index contributed by atoms with van der Waals surface area (Å²) in [6.07, 6.45) is 2.35. The van der Waals surface area contributed by atoms with Crippen molar-refractivity contribution in [1.29, 1.82) is 0 Å². The second-order valence-electron chi connectivity index (χ2n) is 6.73. The number of aliphatic hydroxyl groups excluding tert-OH is 1. The first kappa shape index (κ1) is 17.4. The molecular weight excluding hydrogens is 318 g/mol. The van der Waals surface area contributed by atoms with E-state index in [1.807, 2.05) is 42.8 Å². The number of nitrogens with zero attached hydrogens (tertiary/aromatic N) is 3. The number of hydrogen-bond donors (Lipinski definition) is 3. The van der Waals surface area contributed by atoms with Crippen LogP contribution in [0, 0.1) is 19.8 Å². The number of carbonyl (C=O) groups is 1. The summed E-state index contributed by atoms with van der Waals surface area (Å²) in [6, 6.07) is 7.50. The van der Waals surface area contributed by atoms with Crippen LogP contribution in [0.5, 0.6) is 0 Å². The van der Waals surface area contributed by atoms with E-state index < -0.39 is 0 Å². The number of urea groups is 1. The van der Waals surface area contributed by atoms with Crippen molar-refractivity contribution in [2.75, 3.05) is 11.9 Å². The number of aromatic nitrogens is 3. The van der Waals surface area contributed by atoms with E-state index in [9.17, 15) is 9.90 Å². The van der Waals surface area contributed by atoms with Gasteiger partial charge in [0.25, 0.3) is 0 Å². The molecule has 7 nitrogen and oxygen atoms in total. The molecule has 2 atom stereocenters. The zero-order chi connectivity index (χ0) is 17.8. The molecule has 1 aliphatic carbocycles. The Bertz CT molecular complexity index is 743. The minimum absolute atomic E-state index is 0.213. The number of anilines is 1. The Morgan fingerprint density at radius 2 is 2.20 bits per heavy atom. The summed E-state index contributed by atoms with van der Waals surface area (Å²) in [4.78, 5) is 16.4. The number of hydrogen-bond acceptors (Lipinski definition) is 4. The number of amides is 2. The highest BCUT2D eigenvalue weighted by Crippen LogP contribution is 2.24. The average Bonchev–Trinajstić information content (AvgIpc) is 3.11. The molecule has 0 unspecified atom stereocenters. The van der Waals surface area contributed by atoms with E-state index >= 15 is 0 Å². The van der Waals surface area contributed by atoms with Gasteiger partial charge in [0, 0.05) is 12.2 Å². The maximum Gasteiger partial charge on any atom is 0.319 e. The van der Waals surface area contributed by atoms with Crippen molar-refractivity contribution in [1.82, 2.24) is 20.1 Å². The third-order valence-electron chi connectivity index (χ3n) is 4.54. The Balaban J connectivity index is 1.54. The zero-order valence-electron chi connectivity index (χ0n) is 14.7. The molecule has 3 N–H and O–H groups in total. The number of nitrogens with one attached hydrogen (secondary N) is 2. The van der Waals surface area contributed by atoms with E-state index in [2.05, 4.69) is 20.7 Å². The first-order valence-electron chi connectivity index (χ1n) is 8.69. The molecule has 0 saturated heterocycles. The Morgan fingerprint density at radius 3 is 2.88 bits per heavy atom. The van der Waals surface area contributed by atoms with Gasteiger partial charge in [-0.1, -0.05) is 12.1 Å². The van der Waals surface area contributed by atoms with Crippen LogP contribution in [0.3, 0.4) is 0 Å². The SMILES string of the molecule is Cc1nc(C)n(Cc2cccc(NC(=O)NC[C@H]3CC[C@@H](O)C3)c2)n1. The van der Waals surface area contributed by atoms with Gasteiger partial charge in [-0.05, 0) is 56.7 Å². The summed E-state index contributed by atoms with van der Waals surface area (Å²) in [5, 5.41) is 19.6. The molecular formula is C18H25N5O2. The average molecular weight is 343 g/mol. The van der Waals surface area contributed by atoms with Crippen LogP contribution in [0.4, 0.5) is 10.5 Å². The van der Waals surface area contributed by atoms with Gasteiger partial charge in [0.2, 0.25) is 0 Å². The van der Waals surface area contributed by atoms with Gasteiger partial charge in [-0.3, -0.25) is 0 Å². The molecule has 25 heavy (non-hydrogen) atoms. The molecule has 1 aliphatic rings. The van der Waals surface area contributed by atoms with E-state index in [1.165, 1.54) is 0 Å². The fourth-order valence-corrected chi connectivity index (χ4v) is 3.28. The molecule has 3 rings (SSSR count). The molecule has 0 aliphatic heterocycles. The zero-order valence-corrected chi connectivity index (χ0v) is 14.7. The van der Waals surface area contributed by atoms with Crippen LogP contribution in [0.15, 0.2) is 24.3 Å². The van der Waals surface area contributed by atoms with Gasteiger partial charge >= 0.3 is 6.03 Å². The topological polar surface area (TPSA) is 92.1 Å². The highest BCUT2D eigenvalue weighted by atomic mass is 16.3. The van der Waals surface area contributed by atoms with Gasteiger partial charge < -0.3 is 15.7 Å². The number of carbonyl (C=O) groups excluding carboxylic acids is 1. The number of aliphatic hydroxyl groups is 1. The van der Waals surface area contributed by atoms with Crippen molar-refractivity contribution in [3.63, 3.8) is 0 Å². The largest absolute Gasteiger partial charge is 0.393 e. The van der Waals surface area contributed by atoms with Gasteiger partial charge in [0.05, 0.1) is 12.6 Å². The molecule has 1 aromatic heterocycles. The number of benzene rings is 1. The van der Waals surface area contributed by atoms with Gasteiger partial charge in [-0.25, -0.2) is 14.5 Å². The lowest BCUT2D eigenvalue weighted by molar-refractivity contribution is 0.177. The fourth-order valence-electron chi connectivity index (χ4n) is 3.28. The van der Waals surface area contributed by atoms with Crippen molar-refractivity contribution in [3.05, 3.63) is 41.5 Å². The van der Waals surface area contributed by atoms with Gasteiger partial charge in [-0.2, -0.15) is 5.10 Å². The molecule has 0 bridgehead atoms. The predicted molar refractivity (Wildman–Crippen MR) is 95.4 cm³/mol. The van der Waals surface area contributed by atoms with Crippen molar-refractivity contribution < 1.29 is 9.90 Å². The highest BCUT2D eigenvalue weighted by Gasteiger charge is 2.22. The molecule has 0 radical (unpaired) electrons. The quantitative estimate of drug-likeness (QED) is 0.776. The first-order chi connectivity index (χ1) is 12.0. The minimum atomic E-state index is -0.216. The summed E-state index contributed by atoms with van der Waals surface area (Å²) in [6.45, 7) is 5.01. The van der Waals surface area contributed by atoms with Crippen molar-refractivity contribution in [2.24, 2.45) is 5.92 Å². The van der Waals surface area contributed by atoms with E-state index in [0.717, 1.165) is 42.2 Å². The summed E-state index contributed by atoms with van der Waals surface area (Å²) in [5.41, 5.74) is 1.79. The molecule has 1 fully saturated rings. The maximum absolute atomic E-state index is 12.1. The third-order valence-corrected chi connectivity index (χ3v) is 4.54. The summed E-state index contributed by atoms with van der Waals surface area (Å²) >= 11 is 0. The van der Waals surface area contributed by atoms with Crippen molar-refractivity contribution >= 4 is 11.7 Å². The second kappa shape index (κ2) is 7.65. The molecule has 1 heterocycles. The monoisotopic (exact) mass is 343 g/mol. The standard InChI is InChI=1S/C18H25N5O2/c1-12-20-13(2)23(22-12)11-15-4-3-5-16(8-15)21-18(25)19-10-14-6-7-17(24)9-14/h3-5,8,14,17,24H,6-7,9-11H2,1-2H3,(H2,19,21,25)/t14-,17+/m0/s1. The van der Waals surface area contributed by atoms with Crippen LogP contribution in [-0.2, 0) is 6.54 Å². The minimum Gasteiger partial charge on any atom is -0.393 e. The fraction of sp³-hybridized carbons (Fsp3) is 0.500. The van der Waals surface area contributed by atoms with Crippen LogP contribution in [0.25, 0.3) is 0 Å². The lowest BCUT2D eigenvalue weighted by Crippen LogP contribution is -2.32. The van der Waals surface area contributed by atoms with Crippen LogP contribution in [0.2, 0.25) is 0 Å². The van der Waals surface area contributed by atoms with E-state index in [-0.39, 0.29) is 12.1 Å². The Labute approximate surface area is 147 Å². The van der Waals surface area contributed by atoms with Crippen LogP contribution in [-0.4, -0.2) is 38.6 Å².